The molecule has 0 atom stereocenters. The number of nitrogens with one attached hydrogen (secondary N) is 1. The SMILES string of the molecule is CN1c2ccncc2NC(C)(C)c2cccn21. The molecule has 0 unspecified atom stereocenters. The normalized spacial score (nSPS) is 16.8. The maximum atomic E-state index is 4.19. The highest BCUT2D eigenvalue weighted by Gasteiger charge is 2.29. The molecular formula is C13H16N4. The van der Waals surface area contributed by atoms with Crippen molar-refractivity contribution in [2.45, 2.75) is 19.4 Å². The third kappa shape index (κ3) is 1.40. The van der Waals surface area contributed by atoms with Gasteiger partial charge in [-0.3, -0.25) is 14.7 Å². The van der Waals surface area contributed by atoms with Crippen molar-refractivity contribution >= 4 is 11.4 Å². The van der Waals surface area contributed by atoms with E-state index in [0.29, 0.717) is 0 Å². The van der Waals surface area contributed by atoms with E-state index in [0.717, 1.165) is 11.4 Å². The Labute approximate surface area is 101 Å². The molecule has 0 aromatic carbocycles. The fraction of sp³-hybridized carbons (Fsp3) is 0.308. The first-order chi connectivity index (χ1) is 8.09. The number of aromatic nitrogens is 2. The Kier molecular flexibility index (Phi) is 1.96. The molecule has 1 N–H and O–H groups in total. The van der Waals surface area contributed by atoms with Gasteiger partial charge in [0, 0.05) is 19.4 Å². The van der Waals surface area contributed by atoms with Crippen LogP contribution in [0.4, 0.5) is 11.4 Å². The summed E-state index contributed by atoms with van der Waals surface area (Å²) in [6.45, 7) is 4.35. The molecule has 1 aliphatic rings. The standard InChI is InChI=1S/C13H16N4/c1-13(2)12-5-4-8-17(12)16(3)11-6-7-14-9-10(11)15-13/h4-9,15H,1-3H3. The monoisotopic (exact) mass is 228 g/mol. The van der Waals surface area contributed by atoms with Gasteiger partial charge in [-0.15, -0.1) is 0 Å². The van der Waals surface area contributed by atoms with Crippen molar-refractivity contribution in [2.24, 2.45) is 0 Å². The van der Waals surface area contributed by atoms with Crippen molar-refractivity contribution in [2.75, 3.05) is 17.4 Å². The predicted molar refractivity (Wildman–Crippen MR) is 69.1 cm³/mol. The molecule has 0 saturated carbocycles. The molecule has 4 nitrogen and oxygen atoms in total. The van der Waals surface area contributed by atoms with Crippen molar-refractivity contribution in [3.8, 4) is 0 Å². The summed E-state index contributed by atoms with van der Waals surface area (Å²) in [6.07, 6.45) is 5.77. The summed E-state index contributed by atoms with van der Waals surface area (Å²) < 4.78 is 2.17. The number of hydrogen-bond acceptors (Lipinski definition) is 3. The first-order valence-corrected chi connectivity index (χ1v) is 5.74. The van der Waals surface area contributed by atoms with Crippen molar-refractivity contribution < 1.29 is 0 Å². The van der Waals surface area contributed by atoms with Gasteiger partial charge in [-0.2, -0.15) is 0 Å². The maximum Gasteiger partial charge on any atom is 0.0837 e. The van der Waals surface area contributed by atoms with Crippen LogP contribution in [0.15, 0.2) is 36.8 Å². The molecule has 0 bridgehead atoms. The summed E-state index contributed by atoms with van der Waals surface area (Å²) in [5, 5.41) is 5.68. The summed E-state index contributed by atoms with van der Waals surface area (Å²) in [4.78, 5) is 4.19. The van der Waals surface area contributed by atoms with Crippen LogP contribution in [-0.4, -0.2) is 16.7 Å². The molecular weight excluding hydrogens is 212 g/mol. The zero-order chi connectivity index (χ0) is 12.0. The summed E-state index contributed by atoms with van der Waals surface area (Å²) in [5.74, 6) is 0. The quantitative estimate of drug-likeness (QED) is 0.752. The number of fused-ring (bicyclic) bond motifs is 2. The highest BCUT2D eigenvalue weighted by molar-refractivity contribution is 5.70. The summed E-state index contributed by atoms with van der Waals surface area (Å²) in [7, 11) is 2.06. The number of hydrogen-bond donors (Lipinski definition) is 1. The van der Waals surface area contributed by atoms with Crippen LogP contribution in [-0.2, 0) is 5.54 Å². The Morgan fingerprint density at radius 3 is 2.94 bits per heavy atom. The smallest absolute Gasteiger partial charge is 0.0837 e. The van der Waals surface area contributed by atoms with Crippen LogP contribution in [0, 0.1) is 0 Å². The van der Waals surface area contributed by atoms with E-state index in [1.807, 2.05) is 18.5 Å². The summed E-state index contributed by atoms with van der Waals surface area (Å²) >= 11 is 0. The number of nitrogens with zero attached hydrogens (tertiary/aromatic N) is 3. The molecule has 0 amide bonds. The van der Waals surface area contributed by atoms with Gasteiger partial charge in [0.05, 0.1) is 28.8 Å². The third-order valence-corrected chi connectivity index (χ3v) is 3.29. The van der Waals surface area contributed by atoms with E-state index in [2.05, 4.69) is 59.2 Å². The highest BCUT2D eigenvalue weighted by atomic mass is 15.5. The van der Waals surface area contributed by atoms with E-state index in [1.54, 1.807) is 0 Å². The third-order valence-electron chi connectivity index (χ3n) is 3.29. The van der Waals surface area contributed by atoms with Crippen LogP contribution < -0.4 is 10.3 Å². The lowest BCUT2D eigenvalue weighted by Gasteiger charge is -2.26. The molecule has 17 heavy (non-hydrogen) atoms. The first-order valence-electron chi connectivity index (χ1n) is 5.74. The number of rotatable bonds is 0. The van der Waals surface area contributed by atoms with Crippen LogP contribution in [0.1, 0.15) is 19.5 Å². The van der Waals surface area contributed by atoms with Gasteiger partial charge in [0.15, 0.2) is 0 Å². The van der Waals surface area contributed by atoms with Gasteiger partial charge in [-0.1, -0.05) is 0 Å². The zero-order valence-corrected chi connectivity index (χ0v) is 10.3. The fourth-order valence-electron chi connectivity index (χ4n) is 2.41. The first kappa shape index (κ1) is 10.2. The molecule has 0 aliphatic carbocycles. The Bertz CT molecular complexity index is 556. The van der Waals surface area contributed by atoms with Gasteiger partial charge in [0.2, 0.25) is 0 Å². The molecule has 2 aromatic rings. The molecule has 2 aromatic heterocycles. The number of pyridine rings is 1. The second-order valence-electron chi connectivity index (χ2n) is 4.90. The predicted octanol–water partition coefficient (Wildman–Crippen LogP) is 2.44. The van der Waals surface area contributed by atoms with Gasteiger partial charge < -0.3 is 5.32 Å². The second-order valence-corrected chi connectivity index (χ2v) is 4.90. The van der Waals surface area contributed by atoms with Crippen LogP contribution in [0.25, 0.3) is 0 Å². The van der Waals surface area contributed by atoms with E-state index < -0.39 is 0 Å². The Balaban J connectivity index is 2.26. The lowest BCUT2D eigenvalue weighted by molar-refractivity contribution is 0.555. The molecule has 0 saturated heterocycles. The van der Waals surface area contributed by atoms with E-state index in [9.17, 15) is 0 Å². The molecule has 0 fully saturated rings. The zero-order valence-electron chi connectivity index (χ0n) is 10.3. The minimum atomic E-state index is -0.119. The average molecular weight is 228 g/mol. The van der Waals surface area contributed by atoms with Crippen LogP contribution in [0.2, 0.25) is 0 Å². The van der Waals surface area contributed by atoms with Crippen molar-refractivity contribution in [1.29, 1.82) is 0 Å². The minimum absolute atomic E-state index is 0.119. The highest BCUT2D eigenvalue weighted by Crippen LogP contribution is 2.35. The molecule has 88 valence electrons. The van der Waals surface area contributed by atoms with Gasteiger partial charge in [0.1, 0.15) is 0 Å². The Hall–Kier alpha value is -1.97. The summed E-state index contributed by atoms with van der Waals surface area (Å²) in [6, 6.07) is 6.23. The van der Waals surface area contributed by atoms with Gasteiger partial charge >= 0.3 is 0 Å². The molecule has 4 heteroatoms. The van der Waals surface area contributed by atoms with Gasteiger partial charge in [0.25, 0.3) is 0 Å². The molecule has 3 rings (SSSR count). The minimum Gasteiger partial charge on any atom is -0.372 e. The largest absolute Gasteiger partial charge is 0.372 e. The molecule has 0 spiro atoms. The topological polar surface area (TPSA) is 33.1 Å². The van der Waals surface area contributed by atoms with Crippen molar-refractivity contribution in [3.05, 3.63) is 42.5 Å². The van der Waals surface area contributed by atoms with Crippen LogP contribution >= 0.6 is 0 Å². The molecule has 3 heterocycles. The second kappa shape index (κ2) is 3.26. The lowest BCUT2D eigenvalue weighted by Crippen LogP contribution is -2.31. The van der Waals surface area contributed by atoms with Gasteiger partial charge in [-0.05, 0) is 32.0 Å². The maximum absolute atomic E-state index is 4.19. The summed E-state index contributed by atoms with van der Waals surface area (Å²) in [5.41, 5.74) is 3.30. The average Bonchev–Trinajstić information content (AvgIpc) is 2.75. The lowest BCUT2D eigenvalue weighted by atomic mass is 10.0. The van der Waals surface area contributed by atoms with E-state index in [-0.39, 0.29) is 5.54 Å². The fourth-order valence-corrected chi connectivity index (χ4v) is 2.41. The van der Waals surface area contributed by atoms with E-state index in [4.69, 9.17) is 0 Å². The van der Waals surface area contributed by atoms with Crippen LogP contribution in [0.3, 0.4) is 0 Å². The van der Waals surface area contributed by atoms with E-state index >= 15 is 0 Å². The van der Waals surface area contributed by atoms with E-state index in [1.165, 1.54) is 5.69 Å². The van der Waals surface area contributed by atoms with Crippen molar-refractivity contribution in [3.63, 3.8) is 0 Å². The Morgan fingerprint density at radius 1 is 1.29 bits per heavy atom. The number of anilines is 2. The van der Waals surface area contributed by atoms with Crippen LogP contribution in [0.5, 0.6) is 0 Å². The Morgan fingerprint density at radius 2 is 2.12 bits per heavy atom. The van der Waals surface area contributed by atoms with Crippen molar-refractivity contribution in [1.82, 2.24) is 9.66 Å². The van der Waals surface area contributed by atoms with Gasteiger partial charge in [-0.25, -0.2) is 0 Å². The molecule has 0 radical (unpaired) electrons. The molecule has 1 aliphatic heterocycles.